The number of pyridine rings is 1. The van der Waals surface area contributed by atoms with Crippen LogP contribution in [0.15, 0.2) is 24.4 Å². The lowest BCUT2D eigenvalue weighted by molar-refractivity contribution is -0.139. The van der Waals surface area contributed by atoms with Crippen molar-refractivity contribution < 1.29 is 9.47 Å². The molecule has 1 fully saturated rings. The van der Waals surface area contributed by atoms with Crippen molar-refractivity contribution in [3.05, 3.63) is 30.1 Å². The molecular formula is C10H13NO2. The first-order valence-corrected chi connectivity index (χ1v) is 4.40. The predicted molar refractivity (Wildman–Crippen MR) is 48.1 cm³/mol. The van der Waals surface area contributed by atoms with Crippen LogP contribution in [-0.4, -0.2) is 17.4 Å². The molecule has 0 bridgehead atoms. The third kappa shape index (κ3) is 1.87. The third-order valence-corrected chi connectivity index (χ3v) is 2.03. The topological polar surface area (TPSA) is 31.4 Å². The molecule has 0 amide bonds. The van der Waals surface area contributed by atoms with Crippen LogP contribution < -0.4 is 0 Å². The molecule has 2 heterocycles. The van der Waals surface area contributed by atoms with E-state index >= 15 is 0 Å². The first-order valence-electron chi connectivity index (χ1n) is 4.40. The first-order chi connectivity index (χ1) is 6.17. The molecule has 0 radical (unpaired) electrons. The summed E-state index contributed by atoms with van der Waals surface area (Å²) >= 11 is 0. The van der Waals surface area contributed by atoms with Crippen molar-refractivity contribution >= 4 is 0 Å². The molecule has 0 unspecified atom stereocenters. The van der Waals surface area contributed by atoms with Gasteiger partial charge < -0.3 is 9.47 Å². The first kappa shape index (κ1) is 8.66. The van der Waals surface area contributed by atoms with Crippen molar-refractivity contribution in [1.29, 1.82) is 0 Å². The van der Waals surface area contributed by atoms with E-state index in [1.807, 2.05) is 32.0 Å². The van der Waals surface area contributed by atoms with Crippen molar-refractivity contribution in [2.75, 3.05) is 6.61 Å². The van der Waals surface area contributed by atoms with Gasteiger partial charge in [0.15, 0.2) is 5.79 Å². The van der Waals surface area contributed by atoms with E-state index in [1.54, 1.807) is 6.20 Å². The third-order valence-electron chi connectivity index (χ3n) is 2.03. The second kappa shape index (κ2) is 3.09. The van der Waals surface area contributed by atoms with E-state index in [1.165, 1.54) is 0 Å². The van der Waals surface area contributed by atoms with Gasteiger partial charge in [-0.25, -0.2) is 0 Å². The van der Waals surface area contributed by atoms with Gasteiger partial charge in [0.25, 0.3) is 0 Å². The van der Waals surface area contributed by atoms with Crippen LogP contribution >= 0.6 is 0 Å². The molecule has 3 heteroatoms. The van der Waals surface area contributed by atoms with Crippen LogP contribution in [0.4, 0.5) is 0 Å². The van der Waals surface area contributed by atoms with Crippen molar-refractivity contribution in [2.45, 2.75) is 25.7 Å². The zero-order valence-corrected chi connectivity index (χ0v) is 7.86. The summed E-state index contributed by atoms with van der Waals surface area (Å²) in [5.41, 5.74) is 0.938. The summed E-state index contributed by atoms with van der Waals surface area (Å²) in [5.74, 6) is -0.470. The molecule has 1 saturated heterocycles. The summed E-state index contributed by atoms with van der Waals surface area (Å²) in [6.07, 6.45) is 1.75. The molecule has 0 N–H and O–H groups in total. The van der Waals surface area contributed by atoms with Crippen LogP contribution in [0, 0.1) is 0 Å². The average molecular weight is 179 g/mol. The van der Waals surface area contributed by atoms with Crippen LogP contribution in [0.2, 0.25) is 0 Å². The normalized spacial score (nSPS) is 26.2. The molecule has 0 saturated carbocycles. The number of rotatable bonds is 1. The van der Waals surface area contributed by atoms with Crippen LogP contribution in [0.1, 0.15) is 25.6 Å². The summed E-state index contributed by atoms with van der Waals surface area (Å²) in [6, 6.07) is 5.80. The van der Waals surface area contributed by atoms with Gasteiger partial charge in [-0.15, -0.1) is 0 Å². The maximum Gasteiger partial charge on any atom is 0.163 e. The smallest absolute Gasteiger partial charge is 0.163 e. The summed E-state index contributed by atoms with van der Waals surface area (Å²) in [6.45, 7) is 4.41. The van der Waals surface area contributed by atoms with Gasteiger partial charge in [0.05, 0.1) is 12.3 Å². The Morgan fingerprint density at radius 1 is 1.46 bits per heavy atom. The molecule has 1 aromatic heterocycles. The Hall–Kier alpha value is -0.930. The van der Waals surface area contributed by atoms with Crippen LogP contribution in [0.5, 0.6) is 0 Å². The minimum Gasteiger partial charge on any atom is -0.347 e. The Morgan fingerprint density at radius 2 is 2.31 bits per heavy atom. The minimum atomic E-state index is -0.470. The molecule has 13 heavy (non-hydrogen) atoms. The number of aromatic nitrogens is 1. The fourth-order valence-electron chi connectivity index (χ4n) is 1.40. The van der Waals surface area contributed by atoms with E-state index in [0.717, 1.165) is 5.69 Å². The molecule has 1 aliphatic rings. The highest BCUT2D eigenvalue weighted by Crippen LogP contribution is 2.31. The predicted octanol–water partition coefficient (Wildman–Crippen LogP) is 1.91. The van der Waals surface area contributed by atoms with E-state index in [0.29, 0.717) is 6.61 Å². The molecule has 70 valence electrons. The van der Waals surface area contributed by atoms with Crippen molar-refractivity contribution in [3.8, 4) is 0 Å². The molecule has 1 atom stereocenters. The number of ether oxygens (including phenoxy) is 2. The van der Waals surface area contributed by atoms with E-state index in [9.17, 15) is 0 Å². The molecule has 1 aromatic rings. The molecule has 3 nitrogen and oxygen atoms in total. The maximum atomic E-state index is 5.65. The largest absolute Gasteiger partial charge is 0.347 e. The lowest BCUT2D eigenvalue weighted by Gasteiger charge is -2.16. The monoisotopic (exact) mass is 179 g/mol. The minimum absolute atomic E-state index is 0.0174. The van der Waals surface area contributed by atoms with Crippen molar-refractivity contribution in [3.63, 3.8) is 0 Å². The highest BCUT2D eigenvalue weighted by Gasteiger charge is 2.33. The average Bonchev–Trinajstić information content (AvgIpc) is 2.48. The van der Waals surface area contributed by atoms with Crippen molar-refractivity contribution in [1.82, 2.24) is 4.98 Å². The maximum absolute atomic E-state index is 5.65. The van der Waals surface area contributed by atoms with Gasteiger partial charge in [-0.3, -0.25) is 4.98 Å². The highest BCUT2D eigenvalue weighted by molar-refractivity contribution is 5.08. The Kier molecular flexibility index (Phi) is 2.06. The van der Waals surface area contributed by atoms with Gasteiger partial charge in [0.2, 0.25) is 0 Å². The Balaban J connectivity index is 2.13. The van der Waals surface area contributed by atoms with Gasteiger partial charge in [0.1, 0.15) is 6.10 Å². The summed E-state index contributed by atoms with van der Waals surface area (Å²) in [7, 11) is 0. The van der Waals surface area contributed by atoms with E-state index < -0.39 is 5.79 Å². The van der Waals surface area contributed by atoms with Gasteiger partial charge in [-0.05, 0) is 26.0 Å². The van der Waals surface area contributed by atoms with Crippen LogP contribution in [-0.2, 0) is 9.47 Å². The van der Waals surface area contributed by atoms with E-state index in [4.69, 9.17) is 9.47 Å². The lowest BCUT2D eigenvalue weighted by atomic mass is 10.2. The molecule has 0 aromatic carbocycles. The summed E-state index contributed by atoms with van der Waals surface area (Å²) < 4.78 is 11.1. The zero-order valence-electron chi connectivity index (χ0n) is 7.86. The second-order valence-electron chi connectivity index (χ2n) is 3.57. The van der Waals surface area contributed by atoms with Crippen molar-refractivity contribution in [2.24, 2.45) is 0 Å². The van der Waals surface area contributed by atoms with Gasteiger partial charge in [-0.2, -0.15) is 0 Å². The standard InChI is InChI=1S/C10H13NO2/c1-10(2)12-7-9(13-10)8-5-3-4-6-11-8/h3-6,9H,7H2,1-2H3/t9-/m1/s1. The zero-order chi connectivity index (χ0) is 9.31. The molecular weight excluding hydrogens is 166 g/mol. The van der Waals surface area contributed by atoms with Gasteiger partial charge >= 0.3 is 0 Å². The number of nitrogens with zero attached hydrogens (tertiary/aromatic N) is 1. The molecule has 0 spiro atoms. The molecule has 2 rings (SSSR count). The quantitative estimate of drug-likeness (QED) is 0.659. The molecule has 0 aliphatic carbocycles. The van der Waals surface area contributed by atoms with Crippen LogP contribution in [0.25, 0.3) is 0 Å². The van der Waals surface area contributed by atoms with Gasteiger partial charge in [0, 0.05) is 6.20 Å². The fraction of sp³-hybridized carbons (Fsp3) is 0.500. The van der Waals surface area contributed by atoms with E-state index in [-0.39, 0.29) is 6.10 Å². The Morgan fingerprint density at radius 3 is 2.85 bits per heavy atom. The SMILES string of the molecule is CC1(C)OC[C@H](c2ccccn2)O1. The van der Waals surface area contributed by atoms with Gasteiger partial charge in [-0.1, -0.05) is 6.07 Å². The number of hydrogen-bond donors (Lipinski definition) is 0. The van der Waals surface area contributed by atoms with E-state index in [2.05, 4.69) is 4.98 Å². The Bertz CT molecular complexity index is 284. The highest BCUT2D eigenvalue weighted by atomic mass is 16.7. The summed E-state index contributed by atoms with van der Waals surface area (Å²) in [4.78, 5) is 4.22. The lowest BCUT2D eigenvalue weighted by Crippen LogP contribution is -2.19. The summed E-state index contributed by atoms with van der Waals surface area (Å²) in [5, 5.41) is 0. The Labute approximate surface area is 77.7 Å². The second-order valence-corrected chi connectivity index (χ2v) is 3.57. The number of hydrogen-bond acceptors (Lipinski definition) is 3. The van der Waals surface area contributed by atoms with Crippen LogP contribution in [0.3, 0.4) is 0 Å². The molecule has 1 aliphatic heterocycles. The fourth-order valence-corrected chi connectivity index (χ4v) is 1.40.